The summed E-state index contributed by atoms with van der Waals surface area (Å²) in [5, 5.41) is 0.130. The zero-order valence-corrected chi connectivity index (χ0v) is 12.5. The third-order valence-electron chi connectivity index (χ3n) is 3.43. The third kappa shape index (κ3) is 2.31. The Labute approximate surface area is 122 Å². The predicted octanol–water partition coefficient (Wildman–Crippen LogP) is 2.61. The Kier molecular flexibility index (Phi) is 4.14. The summed E-state index contributed by atoms with van der Waals surface area (Å²) in [7, 11) is 0. The van der Waals surface area contributed by atoms with E-state index in [1.54, 1.807) is 0 Å². The molecule has 4 nitrogen and oxygen atoms in total. The smallest absolute Gasteiger partial charge is 0.297 e. The van der Waals surface area contributed by atoms with Gasteiger partial charge in [-0.1, -0.05) is 43.6 Å². The molecule has 0 saturated carbocycles. The fourth-order valence-electron chi connectivity index (χ4n) is 2.38. The van der Waals surface area contributed by atoms with Crippen molar-refractivity contribution < 1.29 is 0 Å². The molecule has 1 heterocycles. The SMILES string of the molecule is CCc1cccc(C)c1-n1c(=O)[nH]c(Cl)c(CC)c1=O. The van der Waals surface area contributed by atoms with Gasteiger partial charge in [0, 0.05) is 0 Å². The third-order valence-corrected chi connectivity index (χ3v) is 3.75. The Hall–Kier alpha value is -1.81. The number of nitrogens with zero attached hydrogens (tertiary/aromatic N) is 1. The van der Waals surface area contributed by atoms with Crippen molar-refractivity contribution in [3.05, 3.63) is 60.9 Å². The van der Waals surface area contributed by atoms with Gasteiger partial charge < -0.3 is 0 Å². The Bertz CT molecular complexity index is 759. The largest absolute Gasteiger partial charge is 0.334 e. The van der Waals surface area contributed by atoms with E-state index in [-0.39, 0.29) is 10.7 Å². The first kappa shape index (κ1) is 14.6. The van der Waals surface area contributed by atoms with Crippen LogP contribution in [0.2, 0.25) is 5.15 Å². The lowest BCUT2D eigenvalue weighted by molar-refractivity contribution is 0.825. The molecule has 0 aliphatic heterocycles. The van der Waals surface area contributed by atoms with E-state index in [0.29, 0.717) is 17.7 Å². The molecule has 0 atom stereocenters. The zero-order chi connectivity index (χ0) is 14.9. The van der Waals surface area contributed by atoms with Gasteiger partial charge in [-0.15, -0.1) is 0 Å². The van der Waals surface area contributed by atoms with Crippen LogP contribution < -0.4 is 11.2 Å². The molecule has 20 heavy (non-hydrogen) atoms. The van der Waals surface area contributed by atoms with Crippen molar-refractivity contribution >= 4 is 11.6 Å². The number of rotatable bonds is 3. The van der Waals surface area contributed by atoms with Gasteiger partial charge in [-0.2, -0.15) is 0 Å². The first-order chi connectivity index (χ1) is 9.51. The van der Waals surface area contributed by atoms with Crippen LogP contribution in [0, 0.1) is 6.92 Å². The van der Waals surface area contributed by atoms with E-state index in [1.165, 1.54) is 4.57 Å². The van der Waals surface area contributed by atoms with Crippen LogP contribution in [-0.4, -0.2) is 9.55 Å². The second-order valence-corrected chi connectivity index (χ2v) is 5.03. The van der Waals surface area contributed by atoms with Crippen LogP contribution in [0.3, 0.4) is 0 Å². The summed E-state index contributed by atoms with van der Waals surface area (Å²) in [5.41, 5.74) is 2.10. The van der Waals surface area contributed by atoms with Crippen molar-refractivity contribution in [3.63, 3.8) is 0 Å². The highest BCUT2D eigenvalue weighted by Gasteiger charge is 2.16. The highest BCUT2D eigenvalue weighted by atomic mass is 35.5. The van der Waals surface area contributed by atoms with E-state index in [9.17, 15) is 9.59 Å². The molecule has 1 N–H and O–H groups in total. The van der Waals surface area contributed by atoms with Crippen molar-refractivity contribution in [1.82, 2.24) is 9.55 Å². The van der Waals surface area contributed by atoms with Gasteiger partial charge in [0.2, 0.25) is 0 Å². The maximum atomic E-state index is 12.5. The second kappa shape index (κ2) is 5.67. The summed E-state index contributed by atoms with van der Waals surface area (Å²) in [5.74, 6) is 0. The van der Waals surface area contributed by atoms with E-state index in [1.807, 2.05) is 39.0 Å². The van der Waals surface area contributed by atoms with Gasteiger partial charge in [0.15, 0.2) is 0 Å². The number of nitrogens with one attached hydrogen (secondary N) is 1. The quantitative estimate of drug-likeness (QED) is 0.884. The number of halogens is 1. The molecule has 5 heteroatoms. The summed E-state index contributed by atoms with van der Waals surface area (Å²) >= 11 is 5.94. The average molecular weight is 293 g/mol. The van der Waals surface area contributed by atoms with Gasteiger partial charge in [0.1, 0.15) is 5.15 Å². The van der Waals surface area contributed by atoms with Crippen LogP contribution in [0.25, 0.3) is 5.69 Å². The number of hydrogen-bond acceptors (Lipinski definition) is 2. The van der Waals surface area contributed by atoms with Crippen molar-refractivity contribution in [3.8, 4) is 5.69 Å². The lowest BCUT2D eigenvalue weighted by Crippen LogP contribution is -2.37. The maximum absolute atomic E-state index is 12.5. The minimum absolute atomic E-state index is 0.130. The summed E-state index contributed by atoms with van der Waals surface area (Å²) < 4.78 is 1.19. The van der Waals surface area contributed by atoms with Gasteiger partial charge in [-0.25, -0.2) is 9.36 Å². The molecule has 0 bridgehead atoms. The predicted molar refractivity (Wildman–Crippen MR) is 81.2 cm³/mol. The van der Waals surface area contributed by atoms with Crippen LogP contribution in [0.4, 0.5) is 0 Å². The second-order valence-electron chi connectivity index (χ2n) is 4.65. The van der Waals surface area contributed by atoms with E-state index >= 15 is 0 Å². The summed E-state index contributed by atoms with van der Waals surface area (Å²) in [6.07, 6.45) is 1.22. The highest BCUT2D eigenvalue weighted by molar-refractivity contribution is 6.30. The maximum Gasteiger partial charge on any atom is 0.334 e. The van der Waals surface area contributed by atoms with E-state index in [0.717, 1.165) is 17.5 Å². The number of hydrogen-bond donors (Lipinski definition) is 1. The fraction of sp³-hybridized carbons (Fsp3) is 0.333. The summed E-state index contributed by atoms with van der Waals surface area (Å²) in [4.78, 5) is 27.2. The summed E-state index contributed by atoms with van der Waals surface area (Å²) in [6, 6.07) is 5.74. The Morgan fingerprint density at radius 3 is 2.50 bits per heavy atom. The van der Waals surface area contributed by atoms with E-state index < -0.39 is 5.69 Å². The number of aromatic amines is 1. The highest BCUT2D eigenvalue weighted by Crippen LogP contribution is 2.18. The van der Waals surface area contributed by atoms with Crippen LogP contribution in [0.15, 0.2) is 27.8 Å². The molecule has 1 aromatic heterocycles. The number of benzene rings is 1. The first-order valence-corrected chi connectivity index (χ1v) is 7.01. The summed E-state index contributed by atoms with van der Waals surface area (Å²) in [6.45, 7) is 5.72. The van der Waals surface area contributed by atoms with Crippen LogP contribution in [0.5, 0.6) is 0 Å². The molecule has 0 aliphatic rings. The monoisotopic (exact) mass is 292 g/mol. The van der Waals surface area contributed by atoms with Crippen molar-refractivity contribution in [1.29, 1.82) is 0 Å². The standard InChI is InChI=1S/C15H17ClN2O2/c1-4-10-8-6-7-9(3)12(10)18-14(19)11(5-2)13(16)17-15(18)20/h6-8H,4-5H2,1-3H3,(H,17,20). The van der Waals surface area contributed by atoms with Gasteiger partial charge in [-0.3, -0.25) is 9.78 Å². The number of para-hydroxylation sites is 1. The van der Waals surface area contributed by atoms with E-state index in [2.05, 4.69) is 4.98 Å². The van der Waals surface area contributed by atoms with Crippen molar-refractivity contribution in [2.75, 3.05) is 0 Å². The molecule has 0 unspecified atom stereocenters. The Morgan fingerprint density at radius 1 is 1.20 bits per heavy atom. The van der Waals surface area contributed by atoms with Gasteiger partial charge >= 0.3 is 5.69 Å². The minimum Gasteiger partial charge on any atom is -0.297 e. The zero-order valence-electron chi connectivity index (χ0n) is 11.8. The Morgan fingerprint density at radius 2 is 1.90 bits per heavy atom. The average Bonchev–Trinajstić information content (AvgIpc) is 2.40. The number of aryl methyl sites for hydroxylation is 2. The topological polar surface area (TPSA) is 54.9 Å². The molecule has 2 rings (SSSR count). The molecule has 0 fully saturated rings. The molecule has 2 aromatic rings. The van der Waals surface area contributed by atoms with Crippen molar-refractivity contribution in [2.45, 2.75) is 33.6 Å². The molecule has 0 radical (unpaired) electrons. The van der Waals surface area contributed by atoms with Crippen LogP contribution >= 0.6 is 11.6 Å². The van der Waals surface area contributed by atoms with Gasteiger partial charge in [0.25, 0.3) is 5.56 Å². The molecular weight excluding hydrogens is 276 g/mol. The fourth-order valence-corrected chi connectivity index (χ4v) is 2.68. The Balaban J connectivity index is 2.91. The lowest BCUT2D eigenvalue weighted by atomic mass is 10.1. The molecule has 106 valence electrons. The molecule has 1 aromatic carbocycles. The van der Waals surface area contributed by atoms with Crippen LogP contribution in [-0.2, 0) is 12.8 Å². The minimum atomic E-state index is -0.499. The molecule has 0 amide bonds. The van der Waals surface area contributed by atoms with E-state index in [4.69, 9.17) is 11.6 Å². The first-order valence-electron chi connectivity index (χ1n) is 6.63. The number of aromatic nitrogens is 2. The lowest BCUT2D eigenvalue weighted by Gasteiger charge is -2.14. The van der Waals surface area contributed by atoms with Crippen LogP contribution in [0.1, 0.15) is 30.5 Å². The molecule has 0 spiro atoms. The molecular formula is C15H17ClN2O2. The van der Waals surface area contributed by atoms with Gasteiger partial charge in [0.05, 0.1) is 11.3 Å². The van der Waals surface area contributed by atoms with Gasteiger partial charge in [-0.05, 0) is 30.9 Å². The van der Waals surface area contributed by atoms with Crippen molar-refractivity contribution in [2.24, 2.45) is 0 Å². The normalized spacial score (nSPS) is 10.8. The molecule has 0 saturated heterocycles. The molecule has 0 aliphatic carbocycles. The number of H-pyrrole nitrogens is 1.